The Morgan fingerprint density at radius 3 is 2.44 bits per heavy atom. The number of carbonyl (C=O) groups excluding carboxylic acids is 2. The number of Topliss-reactive ketones (excluding diaryl/α,β-unsaturated/α-hetero) is 1. The summed E-state index contributed by atoms with van der Waals surface area (Å²) in [5, 5.41) is 4.54. The van der Waals surface area contributed by atoms with Crippen molar-refractivity contribution < 1.29 is 14.1 Å². The fraction of sp³-hybridized carbons (Fsp3) is 0.735. The fourth-order valence-corrected chi connectivity index (χ4v) is 10.7. The van der Waals surface area contributed by atoms with Crippen molar-refractivity contribution >= 4 is 11.6 Å². The van der Waals surface area contributed by atoms with Gasteiger partial charge in [-0.1, -0.05) is 65.3 Å². The Balaban J connectivity index is 1.51. The molecule has 3 saturated carbocycles. The van der Waals surface area contributed by atoms with E-state index >= 15 is 0 Å². The summed E-state index contributed by atoms with van der Waals surface area (Å²) in [5.74, 6) is 1.50. The molecule has 0 unspecified atom stereocenters. The van der Waals surface area contributed by atoms with Crippen molar-refractivity contribution in [3.8, 4) is 0 Å². The maximum atomic E-state index is 14.7. The highest BCUT2D eigenvalue weighted by atomic mass is 16.5. The van der Waals surface area contributed by atoms with E-state index in [-0.39, 0.29) is 56.7 Å². The van der Waals surface area contributed by atoms with Gasteiger partial charge in [-0.25, -0.2) is 4.85 Å². The first kappa shape index (κ1) is 28.5. The zero-order valence-corrected chi connectivity index (χ0v) is 25.9. The molecule has 0 saturated heterocycles. The van der Waals surface area contributed by atoms with E-state index in [0.717, 1.165) is 56.3 Å². The maximum absolute atomic E-state index is 14.7. The number of nitrogens with two attached hydrogens (primary N) is 1. The number of aromatic nitrogens is 2. The minimum Gasteiger partial charge on any atom is -0.339 e. The highest BCUT2D eigenvalue weighted by molar-refractivity contribution is 6.03. The zero-order chi connectivity index (χ0) is 29.8. The Morgan fingerprint density at radius 1 is 1.05 bits per heavy atom. The molecular weight excluding hydrogens is 512 g/mol. The number of ketones is 2. The Hall–Kier alpha value is -2.59. The van der Waals surface area contributed by atoms with E-state index in [4.69, 9.17) is 21.8 Å². The molecule has 0 bridgehead atoms. The Labute approximate surface area is 244 Å². The lowest BCUT2D eigenvalue weighted by Crippen LogP contribution is -2.65. The van der Waals surface area contributed by atoms with Crippen LogP contribution in [0.4, 0.5) is 0 Å². The van der Waals surface area contributed by atoms with E-state index in [1.54, 1.807) is 0 Å². The number of nitrogens with zero attached hydrogens (tertiary/aromatic N) is 3. The first-order valence-corrected chi connectivity index (χ1v) is 15.5. The van der Waals surface area contributed by atoms with Crippen molar-refractivity contribution in [2.24, 2.45) is 50.6 Å². The standard InChI is InChI=1S/C34H46N4O3/c1-29(2)12-14-34(28-37-25(10-16-35)41-38-28)15-13-33(7)26(20(34)18-29)22(39)17-24-31(5)19-21(36-8)27(40)30(3,4)23(31)9-11-32(24,33)6/h17,19-20,23,26H,9-16,18,35H2,1-7H3/t20-,23-,26-,31-,32+,33+,34-/m0/s1. The van der Waals surface area contributed by atoms with E-state index in [1.165, 1.54) is 0 Å². The highest BCUT2D eigenvalue weighted by Gasteiger charge is 2.70. The van der Waals surface area contributed by atoms with Gasteiger partial charge in [0.2, 0.25) is 11.6 Å². The van der Waals surface area contributed by atoms with Gasteiger partial charge in [-0.05, 0) is 79.1 Å². The number of allylic oxidation sites excluding steroid dienone is 4. The summed E-state index contributed by atoms with van der Waals surface area (Å²) < 4.78 is 5.67. The lowest BCUT2D eigenvalue weighted by Gasteiger charge is -2.69. The van der Waals surface area contributed by atoms with Gasteiger partial charge in [-0.15, -0.1) is 0 Å². The first-order valence-electron chi connectivity index (χ1n) is 15.5. The monoisotopic (exact) mass is 558 g/mol. The molecule has 1 heterocycles. The molecule has 2 N–H and O–H groups in total. The molecule has 1 aromatic rings. The van der Waals surface area contributed by atoms with Gasteiger partial charge in [-0.3, -0.25) is 4.79 Å². The quantitative estimate of drug-likeness (QED) is 0.431. The Bertz CT molecular complexity index is 1430. The van der Waals surface area contributed by atoms with Crippen LogP contribution in [0, 0.1) is 51.4 Å². The molecule has 0 amide bonds. The molecule has 5 aliphatic carbocycles. The van der Waals surface area contributed by atoms with Crippen LogP contribution < -0.4 is 5.73 Å². The number of carbonyl (C=O) groups is 2. The molecule has 0 aliphatic heterocycles. The van der Waals surface area contributed by atoms with Crippen molar-refractivity contribution in [2.75, 3.05) is 6.54 Å². The molecule has 3 fully saturated rings. The second kappa shape index (κ2) is 8.72. The van der Waals surface area contributed by atoms with E-state index in [2.05, 4.69) is 44.6 Å². The van der Waals surface area contributed by atoms with Crippen molar-refractivity contribution in [3.63, 3.8) is 0 Å². The summed E-state index contributed by atoms with van der Waals surface area (Å²) in [7, 11) is 0. The van der Waals surface area contributed by atoms with Gasteiger partial charge in [0.1, 0.15) is 0 Å². The number of rotatable bonds is 3. The van der Waals surface area contributed by atoms with Gasteiger partial charge in [0.05, 0.1) is 6.57 Å². The van der Waals surface area contributed by atoms with Gasteiger partial charge < -0.3 is 15.1 Å². The summed E-state index contributed by atoms with van der Waals surface area (Å²) in [5.41, 5.74) is 5.33. The van der Waals surface area contributed by atoms with E-state index in [9.17, 15) is 9.59 Å². The summed E-state index contributed by atoms with van der Waals surface area (Å²) >= 11 is 0. The average molecular weight is 559 g/mol. The third-order valence-corrected chi connectivity index (χ3v) is 13.1. The zero-order valence-electron chi connectivity index (χ0n) is 25.9. The smallest absolute Gasteiger partial charge is 0.227 e. The molecule has 0 radical (unpaired) electrons. The topological polar surface area (TPSA) is 103 Å². The molecule has 5 aliphatic rings. The first-order chi connectivity index (χ1) is 19.1. The van der Waals surface area contributed by atoms with Crippen LogP contribution in [-0.4, -0.2) is 28.3 Å². The van der Waals surface area contributed by atoms with Gasteiger partial charge in [0.15, 0.2) is 17.4 Å². The minimum atomic E-state index is -0.651. The Morgan fingerprint density at radius 2 is 1.76 bits per heavy atom. The molecule has 220 valence electrons. The predicted octanol–water partition coefficient (Wildman–Crippen LogP) is 6.39. The van der Waals surface area contributed by atoms with Crippen molar-refractivity contribution in [2.45, 2.75) is 105 Å². The second-order valence-electron chi connectivity index (χ2n) is 15.9. The number of hydrogen-bond donors (Lipinski definition) is 1. The highest BCUT2D eigenvalue weighted by Crippen LogP contribution is 2.74. The largest absolute Gasteiger partial charge is 0.339 e. The van der Waals surface area contributed by atoms with E-state index in [0.29, 0.717) is 18.9 Å². The lowest BCUT2D eigenvalue weighted by molar-refractivity contribution is -0.160. The molecule has 7 heteroatoms. The number of fused-ring (bicyclic) bond motifs is 7. The van der Waals surface area contributed by atoms with Crippen molar-refractivity contribution in [1.82, 2.24) is 10.1 Å². The van der Waals surface area contributed by atoms with E-state index < -0.39 is 10.8 Å². The molecule has 0 aromatic carbocycles. The van der Waals surface area contributed by atoms with Crippen LogP contribution in [-0.2, 0) is 21.4 Å². The van der Waals surface area contributed by atoms with Gasteiger partial charge >= 0.3 is 0 Å². The van der Waals surface area contributed by atoms with Crippen LogP contribution in [0.2, 0.25) is 0 Å². The maximum Gasteiger partial charge on any atom is 0.227 e. The van der Waals surface area contributed by atoms with Gasteiger partial charge in [-0.2, -0.15) is 4.98 Å². The molecule has 0 spiro atoms. The summed E-state index contributed by atoms with van der Waals surface area (Å²) in [4.78, 5) is 36.5. The lowest BCUT2D eigenvalue weighted by atomic mass is 9.34. The summed E-state index contributed by atoms with van der Waals surface area (Å²) in [6, 6.07) is 0. The van der Waals surface area contributed by atoms with Crippen LogP contribution in [0.5, 0.6) is 0 Å². The van der Waals surface area contributed by atoms with Crippen molar-refractivity contribution in [3.05, 3.63) is 46.6 Å². The van der Waals surface area contributed by atoms with Crippen molar-refractivity contribution in [1.29, 1.82) is 0 Å². The molecule has 1 aromatic heterocycles. The molecule has 41 heavy (non-hydrogen) atoms. The molecule has 7 atom stereocenters. The van der Waals surface area contributed by atoms with Gasteiger partial charge in [0.25, 0.3) is 0 Å². The van der Waals surface area contributed by atoms with E-state index in [1.807, 2.05) is 26.0 Å². The molecule has 6 rings (SSSR count). The third kappa shape index (κ3) is 3.58. The predicted molar refractivity (Wildman–Crippen MR) is 156 cm³/mol. The summed E-state index contributed by atoms with van der Waals surface area (Å²) in [6.07, 6.45) is 11.1. The fourth-order valence-electron chi connectivity index (χ4n) is 10.7. The third-order valence-electron chi connectivity index (χ3n) is 13.1. The summed E-state index contributed by atoms with van der Waals surface area (Å²) in [6.45, 7) is 23.8. The average Bonchev–Trinajstić information content (AvgIpc) is 3.37. The van der Waals surface area contributed by atoms with Crippen LogP contribution in [0.1, 0.15) is 105 Å². The van der Waals surface area contributed by atoms with Crippen LogP contribution in [0.15, 0.2) is 27.9 Å². The second-order valence-corrected chi connectivity index (χ2v) is 15.9. The SMILES string of the molecule is [C-]#[N+]C1=C[C@]2(C)C3=CC(=O)[C@@H]4[C@@H]5CC(C)(C)CC[C@]5(c5noc(CCN)n5)CC[C@@]4(C)[C@]3(C)CC[C@H]2C(C)(C)C1=O. The van der Waals surface area contributed by atoms with Crippen LogP contribution in [0.25, 0.3) is 4.85 Å². The molecular formula is C34H46N4O3. The molecule has 7 nitrogen and oxygen atoms in total. The minimum absolute atomic E-state index is 0.0527. The van der Waals surface area contributed by atoms with Crippen LogP contribution >= 0.6 is 0 Å². The Kier molecular flexibility index (Phi) is 6.07. The van der Waals surface area contributed by atoms with Crippen LogP contribution in [0.3, 0.4) is 0 Å². The van der Waals surface area contributed by atoms with Gasteiger partial charge in [0, 0.05) is 35.1 Å². The normalized spacial score (nSPS) is 42.6. The number of hydrogen-bond acceptors (Lipinski definition) is 6.